The normalized spacial score (nSPS) is 11.2. The van der Waals surface area contributed by atoms with Gasteiger partial charge in [0.15, 0.2) is 9.84 Å². The molecule has 0 atom stereocenters. The molecule has 5 nitrogen and oxygen atoms in total. The number of sulfone groups is 1. The van der Waals surface area contributed by atoms with Crippen molar-refractivity contribution in [3.63, 3.8) is 0 Å². The molecule has 0 saturated carbocycles. The number of carbonyl (C=O) groups excluding carboxylic acids is 1. The maximum absolute atomic E-state index is 11.6. The molecule has 0 radical (unpaired) electrons. The van der Waals surface area contributed by atoms with E-state index in [-0.39, 0.29) is 5.75 Å². The number of nitrogens with one attached hydrogen (secondary N) is 1. The van der Waals surface area contributed by atoms with Gasteiger partial charge in [-0.1, -0.05) is 30.3 Å². The van der Waals surface area contributed by atoms with Gasteiger partial charge in [0.05, 0.1) is 12.9 Å². The van der Waals surface area contributed by atoms with Crippen LogP contribution in [0.1, 0.15) is 12.0 Å². The Bertz CT molecular complexity index is 470. The lowest BCUT2D eigenvalue weighted by Crippen LogP contribution is -2.30. The summed E-state index contributed by atoms with van der Waals surface area (Å²) in [5.41, 5.74) is 3.08. The van der Waals surface area contributed by atoms with Crippen LogP contribution < -0.4 is 5.48 Å². The Morgan fingerprint density at radius 2 is 1.94 bits per heavy atom. The Balaban J connectivity index is 2.36. The molecule has 1 amide bonds. The van der Waals surface area contributed by atoms with Gasteiger partial charge in [-0.05, 0) is 18.4 Å². The van der Waals surface area contributed by atoms with Gasteiger partial charge in [0.1, 0.15) is 5.75 Å². The van der Waals surface area contributed by atoms with Gasteiger partial charge in [0.25, 0.3) is 5.91 Å². The first-order chi connectivity index (χ1) is 8.53. The highest BCUT2D eigenvalue weighted by molar-refractivity contribution is 7.92. The summed E-state index contributed by atoms with van der Waals surface area (Å²) in [5.74, 6) is -1.17. The van der Waals surface area contributed by atoms with E-state index < -0.39 is 21.5 Å². The first kappa shape index (κ1) is 14.7. The van der Waals surface area contributed by atoms with Gasteiger partial charge in [-0.3, -0.25) is 9.63 Å². The van der Waals surface area contributed by atoms with E-state index >= 15 is 0 Å². The van der Waals surface area contributed by atoms with E-state index in [2.05, 4.69) is 4.84 Å². The average Bonchev–Trinajstić information content (AvgIpc) is 2.29. The zero-order valence-electron chi connectivity index (χ0n) is 10.3. The molecule has 0 fully saturated rings. The molecule has 0 unspecified atom stereocenters. The monoisotopic (exact) mass is 271 g/mol. The molecular weight excluding hydrogens is 254 g/mol. The van der Waals surface area contributed by atoms with Crippen molar-refractivity contribution in [1.82, 2.24) is 5.48 Å². The van der Waals surface area contributed by atoms with Gasteiger partial charge in [0, 0.05) is 0 Å². The summed E-state index contributed by atoms with van der Waals surface area (Å²) in [6.45, 7) is 0. The SMILES string of the molecule is CONC(=O)CS(=O)(=O)CCCc1ccccc1. The van der Waals surface area contributed by atoms with Gasteiger partial charge < -0.3 is 0 Å². The maximum atomic E-state index is 11.6. The van der Waals surface area contributed by atoms with Crippen LogP contribution in [0.2, 0.25) is 0 Å². The lowest BCUT2D eigenvalue weighted by atomic mass is 10.1. The number of carbonyl (C=O) groups is 1. The van der Waals surface area contributed by atoms with Crippen molar-refractivity contribution in [1.29, 1.82) is 0 Å². The topological polar surface area (TPSA) is 72.5 Å². The molecule has 1 aromatic carbocycles. The van der Waals surface area contributed by atoms with Gasteiger partial charge >= 0.3 is 0 Å². The van der Waals surface area contributed by atoms with Gasteiger partial charge in [-0.15, -0.1) is 0 Å². The molecule has 0 bridgehead atoms. The summed E-state index contributed by atoms with van der Waals surface area (Å²) in [6, 6.07) is 9.63. The lowest BCUT2D eigenvalue weighted by Gasteiger charge is -2.04. The standard InChI is InChI=1S/C12H17NO4S/c1-17-13-12(14)10-18(15,16)9-5-8-11-6-3-2-4-7-11/h2-4,6-7H,5,8-10H2,1H3,(H,13,14). The number of hydroxylamine groups is 1. The highest BCUT2D eigenvalue weighted by atomic mass is 32.2. The molecular formula is C12H17NO4S. The van der Waals surface area contributed by atoms with Crippen LogP contribution in [0.5, 0.6) is 0 Å². The van der Waals surface area contributed by atoms with Crippen molar-refractivity contribution in [2.75, 3.05) is 18.6 Å². The second-order valence-corrected chi connectivity index (χ2v) is 6.09. The molecule has 0 aliphatic rings. The fourth-order valence-corrected chi connectivity index (χ4v) is 2.74. The summed E-state index contributed by atoms with van der Waals surface area (Å²) in [7, 11) is -2.10. The fraction of sp³-hybridized carbons (Fsp3) is 0.417. The largest absolute Gasteiger partial charge is 0.277 e. The molecule has 0 saturated heterocycles. The van der Waals surface area contributed by atoms with E-state index in [0.717, 1.165) is 5.56 Å². The molecule has 6 heteroatoms. The Labute approximate surface area is 107 Å². The minimum absolute atomic E-state index is 0.000964. The Kier molecular flexibility index (Phi) is 5.80. The summed E-state index contributed by atoms with van der Waals surface area (Å²) in [6.07, 6.45) is 1.19. The van der Waals surface area contributed by atoms with Crippen molar-refractivity contribution < 1.29 is 18.0 Å². The number of hydrogen-bond acceptors (Lipinski definition) is 4. The highest BCUT2D eigenvalue weighted by Crippen LogP contribution is 2.04. The van der Waals surface area contributed by atoms with Crippen LogP contribution in [0.4, 0.5) is 0 Å². The van der Waals surface area contributed by atoms with E-state index in [1.54, 1.807) is 0 Å². The zero-order valence-corrected chi connectivity index (χ0v) is 11.1. The third-order valence-electron chi connectivity index (χ3n) is 2.33. The predicted octanol–water partition coefficient (Wildman–Crippen LogP) is 0.712. The van der Waals surface area contributed by atoms with Gasteiger partial charge in [0.2, 0.25) is 0 Å². The van der Waals surface area contributed by atoms with Crippen molar-refractivity contribution in [2.24, 2.45) is 0 Å². The quantitative estimate of drug-likeness (QED) is 0.741. The molecule has 0 spiro atoms. The van der Waals surface area contributed by atoms with Crippen LogP contribution in [0, 0.1) is 0 Å². The second-order valence-electron chi connectivity index (χ2n) is 3.91. The van der Waals surface area contributed by atoms with Crippen LogP contribution in [0.25, 0.3) is 0 Å². The first-order valence-corrected chi connectivity index (χ1v) is 7.42. The smallest absolute Gasteiger partial charge is 0.258 e. The van der Waals surface area contributed by atoms with Crippen LogP contribution >= 0.6 is 0 Å². The average molecular weight is 271 g/mol. The van der Waals surface area contributed by atoms with E-state index in [1.807, 2.05) is 35.8 Å². The molecule has 1 aromatic rings. The van der Waals surface area contributed by atoms with Crippen LogP contribution in [-0.4, -0.2) is 32.9 Å². The Morgan fingerprint density at radius 1 is 1.28 bits per heavy atom. The van der Waals surface area contributed by atoms with Crippen LogP contribution in [-0.2, 0) is 25.9 Å². The molecule has 1 N–H and O–H groups in total. The van der Waals surface area contributed by atoms with Crippen molar-refractivity contribution in [3.8, 4) is 0 Å². The molecule has 0 aliphatic heterocycles. The van der Waals surface area contributed by atoms with E-state index in [9.17, 15) is 13.2 Å². The Hall–Kier alpha value is -1.40. The molecule has 0 aliphatic carbocycles. The Morgan fingerprint density at radius 3 is 2.56 bits per heavy atom. The number of rotatable bonds is 7. The maximum Gasteiger partial charge on any atom is 0.258 e. The van der Waals surface area contributed by atoms with Gasteiger partial charge in [-0.2, -0.15) is 0 Å². The summed E-state index contributed by atoms with van der Waals surface area (Å²) >= 11 is 0. The number of aryl methyl sites for hydroxylation is 1. The van der Waals surface area contributed by atoms with Crippen LogP contribution in [0.3, 0.4) is 0 Å². The molecule has 100 valence electrons. The third-order valence-corrected chi connectivity index (χ3v) is 3.94. The van der Waals surface area contributed by atoms with Crippen molar-refractivity contribution >= 4 is 15.7 Å². The zero-order chi connectivity index (χ0) is 13.4. The van der Waals surface area contributed by atoms with E-state index in [4.69, 9.17) is 0 Å². The lowest BCUT2D eigenvalue weighted by molar-refractivity contribution is -0.128. The second kappa shape index (κ2) is 7.13. The first-order valence-electron chi connectivity index (χ1n) is 5.59. The van der Waals surface area contributed by atoms with Crippen molar-refractivity contribution in [3.05, 3.63) is 35.9 Å². The summed E-state index contributed by atoms with van der Waals surface area (Å²) in [4.78, 5) is 15.4. The molecule has 0 heterocycles. The minimum atomic E-state index is -3.37. The van der Waals surface area contributed by atoms with Crippen molar-refractivity contribution in [2.45, 2.75) is 12.8 Å². The minimum Gasteiger partial charge on any atom is -0.277 e. The van der Waals surface area contributed by atoms with Gasteiger partial charge in [-0.25, -0.2) is 13.9 Å². The highest BCUT2D eigenvalue weighted by Gasteiger charge is 2.16. The fourth-order valence-electron chi connectivity index (χ4n) is 1.56. The summed E-state index contributed by atoms with van der Waals surface area (Å²) in [5, 5.41) is 0. The number of benzene rings is 1. The van der Waals surface area contributed by atoms with E-state index in [0.29, 0.717) is 12.8 Å². The summed E-state index contributed by atoms with van der Waals surface area (Å²) < 4.78 is 23.2. The number of hydrogen-bond donors (Lipinski definition) is 1. The molecule has 18 heavy (non-hydrogen) atoms. The molecule has 1 rings (SSSR count). The third kappa shape index (κ3) is 5.79. The van der Waals surface area contributed by atoms with E-state index in [1.165, 1.54) is 7.11 Å². The molecule has 0 aromatic heterocycles. The predicted molar refractivity (Wildman–Crippen MR) is 68.6 cm³/mol. The number of amides is 1. The van der Waals surface area contributed by atoms with Crippen LogP contribution in [0.15, 0.2) is 30.3 Å².